The summed E-state index contributed by atoms with van der Waals surface area (Å²) in [5.41, 5.74) is -2.54. The Morgan fingerprint density at radius 1 is 0.588 bits per heavy atom. The molecule has 0 aromatic carbocycles. The van der Waals surface area contributed by atoms with Crippen molar-refractivity contribution >= 4 is 17.9 Å². The highest BCUT2D eigenvalue weighted by Gasteiger charge is 2.81. The van der Waals surface area contributed by atoms with Gasteiger partial charge in [0.1, 0.15) is 134 Å². The van der Waals surface area contributed by atoms with Crippen LogP contribution in [-0.4, -0.2) is 321 Å². The Kier molecular flexibility index (Phi) is 24.3. The Hall–Kier alpha value is -3.19. The molecule has 3 saturated carbocycles. The first-order valence-electron chi connectivity index (χ1n) is 35.5. The van der Waals surface area contributed by atoms with Gasteiger partial charge in [0.25, 0.3) is 0 Å². The molecule has 11 aliphatic rings. The summed E-state index contributed by atoms with van der Waals surface area (Å²) in [7, 11) is 2.41. The zero-order valence-corrected chi connectivity index (χ0v) is 59.5. The van der Waals surface area contributed by atoms with E-state index < -0.39 is 268 Å². The fourth-order valence-corrected chi connectivity index (χ4v) is 19.4. The zero-order valence-electron chi connectivity index (χ0n) is 59.5. The predicted octanol–water partition coefficient (Wildman–Crippen LogP) is -2.72. The number of carbonyl (C=O) groups is 3. The number of methoxy groups -OCH3 is 2. The molecule has 13 N–H and O–H groups in total. The minimum atomic E-state index is -2.02. The Morgan fingerprint density at radius 2 is 1.12 bits per heavy atom. The van der Waals surface area contributed by atoms with Gasteiger partial charge in [0.05, 0.1) is 56.6 Å². The van der Waals surface area contributed by atoms with Gasteiger partial charge in [0.2, 0.25) is 0 Å². The second-order valence-corrected chi connectivity index (χ2v) is 31.1. The van der Waals surface area contributed by atoms with E-state index in [9.17, 15) is 76.0 Å². The van der Waals surface area contributed by atoms with Crippen LogP contribution in [0.5, 0.6) is 0 Å². The summed E-state index contributed by atoms with van der Waals surface area (Å²) in [4.78, 5) is 41.0. The van der Waals surface area contributed by atoms with Crippen LogP contribution in [0.2, 0.25) is 0 Å². The summed E-state index contributed by atoms with van der Waals surface area (Å²) in [5.74, 6) is -2.46. The second kappa shape index (κ2) is 31.1. The van der Waals surface area contributed by atoms with Crippen LogP contribution in [-0.2, 0) is 94.9 Å². The predicted molar refractivity (Wildman–Crippen MR) is 340 cm³/mol. The van der Waals surface area contributed by atoms with Crippen LogP contribution in [0.1, 0.15) is 114 Å². The lowest BCUT2D eigenvalue weighted by Crippen LogP contribution is -2.66. The number of rotatable bonds is 22. The first-order valence-corrected chi connectivity index (χ1v) is 35.5. The normalized spacial score (nSPS) is 50.3. The van der Waals surface area contributed by atoms with Gasteiger partial charge in [-0.2, -0.15) is 0 Å². The van der Waals surface area contributed by atoms with E-state index in [0.717, 1.165) is 11.1 Å². The molecule has 102 heavy (non-hydrogen) atoms. The van der Waals surface area contributed by atoms with E-state index >= 15 is 4.79 Å². The van der Waals surface area contributed by atoms with Gasteiger partial charge in [-0.15, -0.1) is 6.58 Å². The second-order valence-electron chi connectivity index (χ2n) is 31.1. The molecule has 0 bridgehead atoms. The van der Waals surface area contributed by atoms with E-state index in [4.69, 9.17) is 80.5 Å². The Morgan fingerprint density at radius 3 is 1.66 bits per heavy atom. The van der Waals surface area contributed by atoms with Crippen LogP contribution in [0.4, 0.5) is 0 Å². The topological polar surface area (TPSA) is 471 Å². The van der Waals surface area contributed by atoms with E-state index in [0.29, 0.717) is 44.9 Å². The van der Waals surface area contributed by atoms with Crippen molar-refractivity contribution in [3.63, 3.8) is 0 Å². The van der Waals surface area contributed by atoms with Gasteiger partial charge in [0.15, 0.2) is 43.3 Å². The lowest BCUT2D eigenvalue weighted by molar-refractivity contribution is -0.390. The largest absolute Gasteiger partial charge is 0.462 e. The summed E-state index contributed by atoms with van der Waals surface area (Å²) >= 11 is 0. The summed E-state index contributed by atoms with van der Waals surface area (Å²) < 4.78 is 102. The van der Waals surface area contributed by atoms with Gasteiger partial charge >= 0.3 is 17.9 Å². The number of hydrogen-bond acceptors (Lipinski definition) is 33. The number of hydrogen-bond donors (Lipinski definition) is 13. The Balaban J connectivity index is 0.835. The molecule has 7 aliphatic heterocycles. The molecule has 7 heterocycles. The van der Waals surface area contributed by atoms with Crippen LogP contribution >= 0.6 is 0 Å². The number of cyclic esters (lactones) is 1. The van der Waals surface area contributed by atoms with Crippen LogP contribution in [0.3, 0.4) is 0 Å². The summed E-state index contributed by atoms with van der Waals surface area (Å²) in [6, 6.07) is 0. The molecule has 11 rings (SSSR count). The van der Waals surface area contributed by atoms with Crippen LogP contribution in [0.25, 0.3) is 0 Å². The standard InChI is InChI=1S/C69H108O33/c1-27(2)13-16-41(93-30(5)73)68(10)57-35(92-29(4)72)21-67(9)32-14-15-39-65(6,7)40(18-19-66(39,8)31(32)17-20-69(57,67)64(85)102-68)97-63-56(44(78)38(26-90-63)96-58-47(81)52(33(74)24-88-58)99-61-49(83)54(86-11)42(76)36(22-70)94-61)101-60-46(80)45(79)51(28(3)91-60)98-59-48(82)53(34(75)25-89-59)100-62-50(84)55(87-12)43(77)37(23-71)95-62/h17,28,32-63,70-71,74-84H,1,13-16,18-26H2,2-12H3/t28-,32-,33-,34-,35+,36-,37-,38-,39+,40+,41?,42-,43-,44+,45-,46-,47-,48-,49-,50-,51-,52+,53+,54+,55+,56-,57-,58+,59+,60+,61+,62+,63+,66-,67+,68+,69-/m1/s1. The lowest BCUT2D eigenvalue weighted by Gasteiger charge is -2.63. The van der Waals surface area contributed by atoms with Crippen molar-refractivity contribution < 1.29 is 161 Å². The highest BCUT2D eigenvalue weighted by atomic mass is 16.8. The van der Waals surface area contributed by atoms with Crippen molar-refractivity contribution in [2.75, 3.05) is 47.3 Å². The Bertz CT molecular complexity index is 2960. The summed E-state index contributed by atoms with van der Waals surface area (Å²) in [5, 5.41) is 145. The molecule has 37 atom stereocenters. The van der Waals surface area contributed by atoms with Gasteiger partial charge in [-0.1, -0.05) is 44.9 Å². The number of aliphatic hydroxyl groups is 13. The van der Waals surface area contributed by atoms with E-state index in [1.54, 1.807) is 6.92 Å². The average molecular weight is 1470 g/mol. The van der Waals surface area contributed by atoms with E-state index in [1.165, 1.54) is 35.0 Å². The molecule has 1 spiro atoms. The SMILES string of the molecule is C=C(C)CCC(OC(C)=O)[C@]1(C)OC(=O)[C@]23CC=C4[C@@H](CC[C@H]5C(C)(C)[C@@H](O[C@@H]6OC[C@@H](O[C@@H]7OC[C@@H](O)[C@H](O[C@@H]8O[C@H](CO)[C@@H](O)[C@H](OC)[C@H]8O)[C@H]7O)[C@H](O)[C@H]6O[C@@H]6O[C@H](C)[C@@H](O[C@@H]7OC[C@@H](O)[C@H](O[C@@H]8O[C@H](CO)[C@@H](O)[C@H](OC)[C@H]8O)[C@H]7O)[C@H](O)[C@H]6O)CC[C@]45C)[C@]2(C)C[C@H](OC(C)=O)[C@H]13. The van der Waals surface area contributed by atoms with E-state index in [2.05, 4.69) is 40.3 Å². The smallest absolute Gasteiger partial charge is 0.314 e. The number of allylic oxidation sites excluding steroid dienone is 3. The van der Waals surface area contributed by atoms with Gasteiger partial charge in [-0.3, -0.25) is 14.4 Å². The van der Waals surface area contributed by atoms with Gasteiger partial charge in [-0.25, -0.2) is 0 Å². The number of ether oxygens (including phenoxy) is 17. The highest BCUT2D eigenvalue weighted by molar-refractivity contribution is 5.84. The van der Waals surface area contributed by atoms with E-state index in [-0.39, 0.29) is 18.3 Å². The molecule has 0 radical (unpaired) electrons. The molecular weight excluding hydrogens is 1360 g/mol. The molecule has 33 heteroatoms. The number of aliphatic hydroxyl groups excluding tert-OH is 13. The fraction of sp³-hybridized carbons (Fsp3) is 0.899. The van der Waals surface area contributed by atoms with Crippen LogP contribution in [0.15, 0.2) is 23.8 Å². The summed E-state index contributed by atoms with van der Waals surface area (Å²) in [6.07, 6.45) is -40.0. The van der Waals surface area contributed by atoms with Crippen molar-refractivity contribution in [2.24, 2.45) is 39.4 Å². The number of fused-ring (bicyclic) bond motifs is 4. The third-order valence-electron chi connectivity index (χ3n) is 24.6. The van der Waals surface area contributed by atoms with Gasteiger partial charge in [0, 0.05) is 28.1 Å². The highest BCUT2D eigenvalue weighted by Crippen LogP contribution is 2.76. The minimum absolute atomic E-state index is 0.0998. The van der Waals surface area contributed by atoms with Crippen molar-refractivity contribution in [3.8, 4) is 0 Å². The molecular formula is C69H108O33. The molecule has 7 saturated heterocycles. The average Bonchev–Trinajstić information content (AvgIpc) is 1.48. The number of esters is 3. The maximum Gasteiger partial charge on any atom is 0.314 e. The Labute approximate surface area is 591 Å². The quantitative estimate of drug-likeness (QED) is 0.0227. The molecule has 0 amide bonds. The molecule has 10 fully saturated rings. The van der Waals surface area contributed by atoms with Crippen molar-refractivity contribution in [1.82, 2.24) is 0 Å². The third kappa shape index (κ3) is 14.1. The number of carbonyl (C=O) groups excluding carboxylic acids is 3. The third-order valence-corrected chi connectivity index (χ3v) is 24.6. The van der Waals surface area contributed by atoms with Crippen LogP contribution < -0.4 is 0 Å². The lowest BCUT2D eigenvalue weighted by atomic mass is 9.41. The van der Waals surface area contributed by atoms with Crippen molar-refractivity contribution in [1.29, 1.82) is 0 Å². The molecule has 33 nitrogen and oxygen atoms in total. The van der Waals surface area contributed by atoms with Crippen molar-refractivity contribution in [2.45, 2.75) is 304 Å². The maximum atomic E-state index is 15.1. The van der Waals surface area contributed by atoms with Crippen molar-refractivity contribution in [3.05, 3.63) is 23.8 Å². The molecule has 4 aliphatic carbocycles. The zero-order chi connectivity index (χ0) is 74.4. The molecule has 582 valence electrons. The molecule has 1 unspecified atom stereocenters. The summed E-state index contributed by atoms with van der Waals surface area (Å²) in [6.45, 7) is 17.4. The maximum absolute atomic E-state index is 15.1. The molecule has 0 aromatic heterocycles. The first kappa shape index (κ1) is 79.8. The van der Waals surface area contributed by atoms with E-state index in [1.807, 2.05) is 6.92 Å². The van der Waals surface area contributed by atoms with Gasteiger partial charge in [-0.05, 0) is 100 Å². The fourth-order valence-electron chi connectivity index (χ4n) is 19.4. The monoisotopic (exact) mass is 1460 g/mol. The minimum Gasteiger partial charge on any atom is -0.462 e. The van der Waals surface area contributed by atoms with Crippen LogP contribution in [0, 0.1) is 39.4 Å². The van der Waals surface area contributed by atoms with Gasteiger partial charge < -0.3 is 147 Å². The first-order chi connectivity index (χ1) is 48.1. The molecule has 0 aromatic rings.